The van der Waals surface area contributed by atoms with E-state index in [2.05, 4.69) is 58.3 Å². The highest BCUT2D eigenvalue weighted by Gasteiger charge is 2.23. The lowest BCUT2D eigenvalue weighted by atomic mass is 9.84. The normalized spacial score (nSPS) is 14.4. The molecular formula is C32H34Cl2N4O2. The zero-order valence-corrected chi connectivity index (χ0v) is 24.3. The third-order valence-corrected chi connectivity index (χ3v) is 7.94. The molecule has 4 aromatic rings. The standard InChI is InChI=1S/C32H34Cl2N4O2/c1-32(2,15-18-36-39)40-30-20-29(37-26-13-16-35-17-14-26)27-19-23(7-12-28(27)38-30)31(21-3-8-24(33)9-4-21)22-5-10-25(34)11-6-22/h3-12,19-20,26,31,35H,13-18H2,1-2H3,(H,37,38). The molecule has 0 spiro atoms. The van der Waals surface area contributed by atoms with Gasteiger partial charge in [-0.2, -0.15) is 4.91 Å². The van der Waals surface area contributed by atoms with Crippen LogP contribution in [-0.2, 0) is 0 Å². The summed E-state index contributed by atoms with van der Waals surface area (Å²) in [6.07, 6.45) is 2.58. The second-order valence-corrected chi connectivity index (χ2v) is 11.8. The number of hydrogen-bond acceptors (Lipinski definition) is 6. The van der Waals surface area contributed by atoms with Gasteiger partial charge in [-0.15, -0.1) is 0 Å². The highest BCUT2D eigenvalue weighted by Crippen LogP contribution is 2.37. The molecule has 0 bridgehead atoms. The summed E-state index contributed by atoms with van der Waals surface area (Å²) in [7, 11) is 0. The van der Waals surface area contributed by atoms with Gasteiger partial charge in [0.2, 0.25) is 5.88 Å². The Morgan fingerprint density at radius 1 is 0.950 bits per heavy atom. The number of fused-ring (bicyclic) bond motifs is 1. The summed E-state index contributed by atoms with van der Waals surface area (Å²) in [4.78, 5) is 15.6. The first-order chi connectivity index (χ1) is 19.3. The summed E-state index contributed by atoms with van der Waals surface area (Å²) in [5.74, 6) is 0.510. The Bertz CT molecular complexity index is 1410. The molecule has 0 saturated carbocycles. The second-order valence-electron chi connectivity index (χ2n) is 11.0. The molecule has 2 N–H and O–H groups in total. The van der Waals surface area contributed by atoms with Crippen molar-refractivity contribution in [3.63, 3.8) is 0 Å². The summed E-state index contributed by atoms with van der Waals surface area (Å²) >= 11 is 12.5. The maximum Gasteiger partial charge on any atom is 0.216 e. The van der Waals surface area contributed by atoms with Gasteiger partial charge in [0.15, 0.2) is 0 Å². The number of rotatable bonds is 10. The maximum atomic E-state index is 10.7. The molecule has 1 aromatic heterocycles. The number of hydrogen-bond donors (Lipinski definition) is 2. The minimum absolute atomic E-state index is 0.0173. The smallest absolute Gasteiger partial charge is 0.216 e. The quantitative estimate of drug-likeness (QED) is 0.147. The number of nitroso groups, excluding NO2 is 1. The lowest BCUT2D eigenvalue weighted by molar-refractivity contribution is 0.0968. The fourth-order valence-electron chi connectivity index (χ4n) is 5.29. The van der Waals surface area contributed by atoms with Crippen LogP contribution < -0.4 is 15.4 Å². The van der Waals surface area contributed by atoms with Crippen LogP contribution in [-0.4, -0.2) is 36.3 Å². The number of nitrogens with one attached hydrogen (secondary N) is 2. The first-order valence-electron chi connectivity index (χ1n) is 13.7. The van der Waals surface area contributed by atoms with E-state index in [0.29, 0.717) is 28.4 Å². The van der Waals surface area contributed by atoms with Gasteiger partial charge in [-0.05, 0) is 92.9 Å². The van der Waals surface area contributed by atoms with E-state index < -0.39 is 5.60 Å². The zero-order valence-electron chi connectivity index (χ0n) is 22.8. The SMILES string of the molecule is CC(C)(CCN=O)Oc1cc(NC2CCNCC2)c2cc(C(c3ccc(Cl)cc3)c3ccc(Cl)cc3)ccc2n1. The highest BCUT2D eigenvalue weighted by atomic mass is 35.5. The molecule has 6 nitrogen and oxygen atoms in total. The molecule has 208 valence electrons. The Morgan fingerprint density at radius 3 is 2.15 bits per heavy atom. The number of nitrogens with zero attached hydrogens (tertiary/aromatic N) is 2. The van der Waals surface area contributed by atoms with E-state index in [9.17, 15) is 4.91 Å². The van der Waals surface area contributed by atoms with Crippen molar-refractivity contribution in [1.82, 2.24) is 10.3 Å². The summed E-state index contributed by atoms with van der Waals surface area (Å²) in [6, 6.07) is 24.8. The third-order valence-electron chi connectivity index (χ3n) is 7.43. The molecule has 0 aliphatic carbocycles. The van der Waals surface area contributed by atoms with Gasteiger partial charge in [0.1, 0.15) is 5.60 Å². The molecule has 1 aliphatic rings. The van der Waals surface area contributed by atoms with Crippen molar-refractivity contribution < 1.29 is 4.74 Å². The van der Waals surface area contributed by atoms with Crippen LogP contribution in [0.1, 0.15) is 55.7 Å². The van der Waals surface area contributed by atoms with Gasteiger partial charge < -0.3 is 15.4 Å². The second kappa shape index (κ2) is 12.5. The Balaban J connectivity index is 1.60. The molecule has 0 atom stereocenters. The average molecular weight is 578 g/mol. The van der Waals surface area contributed by atoms with E-state index in [0.717, 1.165) is 59.2 Å². The van der Waals surface area contributed by atoms with E-state index in [-0.39, 0.29) is 12.5 Å². The van der Waals surface area contributed by atoms with Gasteiger partial charge in [-0.1, -0.05) is 58.7 Å². The monoisotopic (exact) mass is 576 g/mol. The molecule has 40 heavy (non-hydrogen) atoms. The molecule has 1 aliphatic heterocycles. The predicted octanol–water partition coefficient (Wildman–Crippen LogP) is 8.20. The van der Waals surface area contributed by atoms with Crippen molar-refractivity contribution in [3.8, 4) is 5.88 Å². The van der Waals surface area contributed by atoms with E-state index in [1.165, 1.54) is 0 Å². The van der Waals surface area contributed by atoms with E-state index >= 15 is 0 Å². The molecule has 0 unspecified atom stereocenters. The van der Waals surface area contributed by atoms with Gasteiger partial charge in [-0.25, -0.2) is 4.98 Å². The van der Waals surface area contributed by atoms with Gasteiger partial charge in [0, 0.05) is 45.6 Å². The number of benzene rings is 3. The summed E-state index contributed by atoms with van der Waals surface area (Å²) in [6.45, 7) is 6.07. The van der Waals surface area contributed by atoms with E-state index in [1.54, 1.807) is 0 Å². The first kappa shape index (κ1) is 28.3. The number of ether oxygens (including phenoxy) is 1. The number of piperidine rings is 1. The van der Waals surface area contributed by atoms with E-state index in [4.69, 9.17) is 32.9 Å². The minimum atomic E-state index is -0.575. The molecule has 0 radical (unpaired) electrons. The average Bonchev–Trinajstić information content (AvgIpc) is 2.95. The van der Waals surface area contributed by atoms with Gasteiger partial charge in [-0.3, -0.25) is 0 Å². The zero-order chi connectivity index (χ0) is 28.1. The number of halogens is 2. The van der Waals surface area contributed by atoms with Crippen LogP contribution in [0.15, 0.2) is 78.0 Å². The molecule has 5 rings (SSSR count). The minimum Gasteiger partial charge on any atom is -0.471 e. The Morgan fingerprint density at radius 2 is 1.55 bits per heavy atom. The topological polar surface area (TPSA) is 75.6 Å². The van der Waals surface area contributed by atoms with Crippen molar-refractivity contribution in [1.29, 1.82) is 0 Å². The lowest BCUT2D eigenvalue weighted by Gasteiger charge is -2.28. The number of pyridine rings is 1. The summed E-state index contributed by atoms with van der Waals surface area (Å²) < 4.78 is 6.29. The fraction of sp³-hybridized carbons (Fsp3) is 0.344. The molecule has 2 heterocycles. The maximum absolute atomic E-state index is 10.7. The van der Waals surface area contributed by atoms with Crippen molar-refractivity contribution in [2.75, 3.05) is 25.0 Å². The number of aromatic nitrogens is 1. The molecule has 1 saturated heterocycles. The van der Waals surface area contributed by atoms with Crippen LogP contribution >= 0.6 is 23.2 Å². The van der Waals surface area contributed by atoms with Crippen molar-refractivity contribution in [2.45, 2.75) is 50.7 Å². The Labute approximate surface area is 245 Å². The molecule has 8 heteroatoms. The van der Waals surface area contributed by atoms with Crippen LogP contribution in [0.5, 0.6) is 5.88 Å². The lowest BCUT2D eigenvalue weighted by Crippen LogP contribution is -2.35. The highest BCUT2D eigenvalue weighted by molar-refractivity contribution is 6.30. The van der Waals surface area contributed by atoms with E-state index in [1.807, 2.05) is 44.2 Å². The van der Waals surface area contributed by atoms with Crippen molar-refractivity contribution >= 4 is 39.8 Å². The van der Waals surface area contributed by atoms with Gasteiger partial charge in [0.25, 0.3) is 0 Å². The van der Waals surface area contributed by atoms with Crippen LogP contribution in [0.4, 0.5) is 5.69 Å². The summed E-state index contributed by atoms with van der Waals surface area (Å²) in [5, 5.41) is 12.7. The van der Waals surface area contributed by atoms with Crippen LogP contribution in [0.3, 0.4) is 0 Å². The van der Waals surface area contributed by atoms with Gasteiger partial charge >= 0.3 is 0 Å². The van der Waals surface area contributed by atoms with Crippen molar-refractivity contribution in [2.24, 2.45) is 5.18 Å². The molecule has 1 fully saturated rings. The molecule has 0 amide bonds. The molecule has 3 aromatic carbocycles. The predicted molar refractivity (Wildman–Crippen MR) is 165 cm³/mol. The van der Waals surface area contributed by atoms with Gasteiger partial charge in [0.05, 0.1) is 12.1 Å². The van der Waals surface area contributed by atoms with Crippen molar-refractivity contribution in [3.05, 3.63) is 104 Å². The van der Waals surface area contributed by atoms with Crippen LogP contribution in [0.25, 0.3) is 10.9 Å². The Hall–Kier alpha value is -3.19. The largest absolute Gasteiger partial charge is 0.471 e. The Kier molecular flexibility index (Phi) is 8.89. The third kappa shape index (κ3) is 6.92. The fourth-order valence-corrected chi connectivity index (χ4v) is 5.55. The number of anilines is 1. The molecular weight excluding hydrogens is 543 g/mol. The first-order valence-corrected chi connectivity index (χ1v) is 14.5. The van der Waals surface area contributed by atoms with Crippen LogP contribution in [0, 0.1) is 4.91 Å². The van der Waals surface area contributed by atoms with Crippen LogP contribution in [0.2, 0.25) is 10.0 Å². The summed E-state index contributed by atoms with van der Waals surface area (Å²) in [5.41, 5.74) is 4.67.